The Labute approximate surface area is 151 Å². The molecule has 2 N–H and O–H groups in total. The highest BCUT2D eigenvalue weighted by Gasteiger charge is 2.55. The minimum absolute atomic E-state index is 0.0478. The van der Waals surface area contributed by atoms with E-state index in [0.29, 0.717) is 17.7 Å². The molecular formula is C18H24N4O4. The standard InChI is InChI=1S/C18H24N4O4/c1-11-8-15(24)21(3)9-13(11)19-14(23)10-22-16(25)18(20-17(22)26)7-5-4-6-12(18)2/h8-9,12H,4-7,10H2,1-3H3,(H,19,23)(H,20,26)/t12-,18-/m0/s1. The van der Waals surface area contributed by atoms with Gasteiger partial charge in [0.25, 0.3) is 11.5 Å². The minimum atomic E-state index is -0.873. The molecule has 0 aromatic carbocycles. The van der Waals surface area contributed by atoms with E-state index < -0.39 is 17.5 Å². The normalized spacial score (nSPS) is 25.5. The molecule has 1 aromatic heterocycles. The van der Waals surface area contributed by atoms with Crippen LogP contribution in [0.15, 0.2) is 17.1 Å². The number of urea groups is 1. The lowest BCUT2D eigenvalue weighted by Crippen LogP contribution is -2.54. The molecule has 2 heterocycles. The third kappa shape index (κ3) is 3.00. The maximum atomic E-state index is 12.9. The van der Waals surface area contributed by atoms with Gasteiger partial charge in [-0.3, -0.25) is 19.3 Å². The fraction of sp³-hybridized carbons (Fsp3) is 0.556. The number of carbonyl (C=O) groups excluding carboxylic acids is 3. The molecule has 140 valence electrons. The molecule has 1 aromatic rings. The van der Waals surface area contributed by atoms with Crippen molar-refractivity contribution in [3.8, 4) is 0 Å². The summed E-state index contributed by atoms with van der Waals surface area (Å²) < 4.78 is 1.36. The van der Waals surface area contributed by atoms with Crippen LogP contribution in [0.1, 0.15) is 38.2 Å². The summed E-state index contributed by atoms with van der Waals surface area (Å²) in [6.07, 6.45) is 4.93. The summed E-state index contributed by atoms with van der Waals surface area (Å²) in [5.74, 6) is -0.746. The number of hydrogen-bond acceptors (Lipinski definition) is 4. The first-order valence-electron chi connectivity index (χ1n) is 8.86. The van der Waals surface area contributed by atoms with Gasteiger partial charge in [0.2, 0.25) is 5.91 Å². The molecule has 1 aliphatic carbocycles. The van der Waals surface area contributed by atoms with Gasteiger partial charge in [-0.15, -0.1) is 0 Å². The fourth-order valence-corrected chi connectivity index (χ4v) is 3.83. The van der Waals surface area contributed by atoms with Crippen LogP contribution in [0, 0.1) is 12.8 Å². The smallest absolute Gasteiger partial charge is 0.323 e. The first-order chi connectivity index (χ1) is 12.2. The number of hydrogen-bond donors (Lipinski definition) is 2. The van der Waals surface area contributed by atoms with Crippen molar-refractivity contribution >= 4 is 23.5 Å². The van der Waals surface area contributed by atoms with Gasteiger partial charge in [0, 0.05) is 19.3 Å². The van der Waals surface area contributed by atoms with E-state index in [9.17, 15) is 19.2 Å². The summed E-state index contributed by atoms with van der Waals surface area (Å²) in [6.45, 7) is 3.33. The van der Waals surface area contributed by atoms with Crippen molar-refractivity contribution < 1.29 is 14.4 Å². The van der Waals surface area contributed by atoms with Gasteiger partial charge >= 0.3 is 6.03 Å². The molecule has 4 amide bonds. The molecule has 2 fully saturated rings. The molecule has 26 heavy (non-hydrogen) atoms. The van der Waals surface area contributed by atoms with E-state index in [1.807, 2.05) is 6.92 Å². The van der Waals surface area contributed by atoms with Crippen LogP contribution < -0.4 is 16.2 Å². The molecule has 0 bridgehead atoms. The highest BCUT2D eigenvalue weighted by molar-refractivity contribution is 6.10. The zero-order valence-corrected chi connectivity index (χ0v) is 15.3. The van der Waals surface area contributed by atoms with Crippen LogP contribution in [0.2, 0.25) is 0 Å². The van der Waals surface area contributed by atoms with Gasteiger partial charge in [-0.05, 0) is 31.2 Å². The van der Waals surface area contributed by atoms with E-state index in [0.717, 1.165) is 24.2 Å². The summed E-state index contributed by atoms with van der Waals surface area (Å²) >= 11 is 0. The highest BCUT2D eigenvalue weighted by Crippen LogP contribution is 2.38. The van der Waals surface area contributed by atoms with Gasteiger partial charge in [0.1, 0.15) is 12.1 Å². The van der Waals surface area contributed by atoms with E-state index in [1.54, 1.807) is 14.0 Å². The zero-order chi connectivity index (χ0) is 19.1. The van der Waals surface area contributed by atoms with Gasteiger partial charge < -0.3 is 15.2 Å². The quantitative estimate of drug-likeness (QED) is 0.789. The van der Waals surface area contributed by atoms with Crippen molar-refractivity contribution in [1.82, 2.24) is 14.8 Å². The van der Waals surface area contributed by atoms with E-state index >= 15 is 0 Å². The van der Waals surface area contributed by atoms with Crippen molar-refractivity contribution in [3.05, 3.63) is 28.2 Å². The van der Waals surface area contributed by atoms with E-state index in [2.05, 4.69) is 10.6 Å². The monoisotopic (exact) mass is 360 g/mol. The molecule has 2 atom stereocenters. The molecule has 1 saturated carbocycles. The molecule has 1 spiro atoms. The fourth-order valence-electron chi connectivity index (χ4n) is 3.83. The molecule has 0 radical (unpaired) electrons. The second kappa shape index (κ2) is 6.59. The minimum Gasteiger partial charge on any atom is -0.323 e. The molecular weight excluding hydrogens is 336 g/mol. The first kappa shape index (κ1) is 18.2. The van der Waals surface area contributed by atoms with Crippen molar-refractivity contribution in [3.63, 3.8) is 0 Å². The van der Waals surface area contributed by atoms with E-state index in [1.165, 1.54) is 16.8 Å². The van der Waals surface area contributed by atoms with E-state index in [4.69, 9.17) is 0 Å². The predicted molar refractivity (Wildman–Crippen MR) is 95.7 cm³/mol. The van der Waals surface area contributed by atoms with Crippen molar-refractivity contribution in [2.24, 2.45) is 13.0 Å². The molecule has 0 unspecified atom stereocenters. The Morgan fingerprint density at radius 3 is 2.77 bits per heavy atom. The van der Waals surface area contributed by atoms with Crippen LogP contribution in [0.25, 0.3) is 0 Å². The number of pyridine rings is 1. The summed E-state index contributed by atoms with van der Waals surface area (Å²) in [4.78, 5) is 50.2. The Bertz CT molecular complexity index is 831. The maximum absolute atomic E-state index is 12.9. The molecule has 1 aliphatic heterocycles. The summed E-state index contributed by atoms with van der Waals surface area (Å²) in [5.41, 5.74) is 0.0473. The van der Waals surface area contributed by atoms with Gasteiger partial charge in [0.05, 0.1) is 5.69 Å². The second-order valence-corrected chi connectivity index (χ2v) is 7.31. The van der Waals surface area contributed by atoms with Crippen molar-refractivity contribution in [2.75, 3.05) is 11.9 Å². The third-order valence-electron chi connectivity index (χ3n) is 5.51. The number of amides is 4. The number of anilines is 1. The van der Waals surface area contributed by atoms with Crippen LogP contribution >= 0.6 is 0 Å². The average molecular weight is 360 g/mol. The number of carbonyl (C=O) groups is 3. The number of aromatic nitrogens is 1. The van der Waals surface area contributed by atoms with Crippen LogP contribution in [0.3, 0.4) is 0 Å². The highest BCUT2D eigenvalue weighted by atomic mass is 16.2. The first-order valence-corrected chi connectivity index (χ1v) is 8.86. The van der Waals surface area contributed by atoms with Gasteiger partial charge in [-0.1, -0.05) is 19.8 Å². The number of nitrogens with one attached hydrogen (secondary N) is 2. The molecule has 3 rings (SSSR count). The van der Waals surface area contributed by atoms with Crippen LogP contribution in [0.5, 0.6) is 0 Å². The number of aryl methyl sites for hydroxylation is 2. The molecule has 1 saturated heterocycles. The SMILES string of the molecule is Cc1cc(=O)n(C)cc1NC(=O)CN1C(=O)N[C@]2(CCCC[C@@H]2C)C1=O. The van der Waals surface area contributed by atoms with Crippen molar-refractivity contribution in [2.45, 2.75) is 45.1 Å². The molecule has 8 nitrogen and oxygen atoms in total. The third-order valence-corrected chi connectivity index (χ3v) is 5.51. The van der Waals surface area contributed by atoms with Crippen LogP contribution in [-0.4, -0.2) is 39.4 Å². The molecule has 2 aliphatic rings. The maximum Gasteiger partial charge on any atom is 0.325 e. The Morgan fingerprint density at radius 2 is 2.08 bits per heavy atom. The number of imide groups is 1. The summed E-state index contributed by atoms with van der Waals surface area (Å²) in [5, 5.41) is 5.50. The lowest BCUT2D eigenvalue weighted by atomic mass is 9.73. The lowest BCUT2D eigenvalue weighted by Gasteiger charge is -2.36. The topological polar surface area (TPSA) is 101 Å². The van der Waals surface area contributed by atoms with Crippen LogP contribution in [0.4, 0.5) is 10.5 Å². The average Bonchev–Trinajstić information content (AvgIpc) is 2.80. The Kier molecular flexibility index (Phi) is 4.60. The lowest BCUT2D eigenvalue weighted by molar-refractivity contribution is -0.136. The van der Waals surface area contributed by atoms with Gasteiger partial charge in [-0.2, -0.15) is 0 Å². The Balaban J connectivity index is 1.73. The molecule has 8 heteroatoms. The van der Waals surface area contributed by atoms with Crippen LogP contribution in [-0.2, 0) is 16.6 Å². The van der Waals surface area contributed by atoms with Gasteiger partial charge in [-0.25, -0.2) is 4.79 Å². The Hall–Kier alpha value is -2.64. The van der Waals surface area contributed by atoms with Gasteiger partial charge in [0.15, 0.2) is 0 Å². The number of rotatable bonds is 3. The van der Waals surface area contributed by atoms with E-state index in [-0.39, 0.29) is 23.9 Å². The Morgan fingerprint density at radius 1 is 1.35 bits per heavy atom. The number of nitrogens with zero attached hydrogens (tertiary/aromatic N) is 2. The predicted octanol–water partition coefficient (Wildman–Crippen LogP) is 1.13. The largest absolute Gasteiger partial charge is 0.325 e. The second-order valence-electron chi connectivity index (χ2n) is 7.31. The summed E-state index contributed by atoms with van der Waals surface area (Å²) in [7, 11) is 1.59. The zero-order valence-electron chi connectivity index (χ0n) is 15.3. The summed E-state index contributed by atoms with van der Waals surface area (Å²) in [6, 6.07) is 0.901. The van der Waals surface area contributed by atoms with Crippen molar-refractivity contribution in [1.29, 1.82) is 0 Å².